The van der Waals surface area contributed by atoms with Crippen LogP contribution in [-0.4, -0.2) is 27.0 Å². The number of carbonyl (C=O) groups is 1. The van der Waals surface area contributed by atoms with Crippen LogP contribution in [0.4, 0.5) is 14.7 Å². The molecule has 1 aliphatic rings. The van der Waals surface area contributed by atoms with Crippen LogP contribution in [0.3, 0.4) is 0 Å². The van der Waals surface area contributed by atoms with Crippen molar-refractivity contribution in [3.63, 3.8) is 0 Å². The zero-order chi connectivity index (χ0) is 23.2. The lowest BCUT2D eigenvalue weighted by Crippen LogP contribution is -2.28. The third kappa shape index (κ3) is 3.92. The molecule has 33 heavy (non-hydrogen) atoms. The van der Waals surface area contributed by atoms with Crippen molar-refractivity contribution in [2.24, 2.45) is 0 Å². The number of benzene rings is 2. The van der Waals surface area contributed by atoms with Gasteiger partial charge in [-0.25, -0.2) is 13.3 Å². The molecular weight excluding hydrogens is 424 g/mol. The first kappa shape index (κ1) is 21.1. The molecule has 1 amide bonds. The van der Waals surface area contributed by atoms with Crippen molar-refractivity contribution in [2.45, 2.75) is 31.6 Å². The number of carbonyl (C=O) groups excluding carboxylic acids is 1. The number of nitrogens with one attached hydrogen (secondary N) is 1. The third-order valence-corrected chi connectivity index (χ3v) is 6.44. The highest BCUT2D eigenvalue weighted by atomic mass is 19.1. The molecule has 2 heterocycles. The monoisotopic (exact) mass is 447 g/mol. The van der Waals surface area contributed by atoms with Crippen LogP contribution in [0.5, 0.6) is 0 Å². The van der Waals surface area contributed by atoms with Crippen molar-refractivity contribution in [3.8, 4) is 11.1 Å². The van der Waals surface area contributed by atoms with Gasteiger partial charge in [0.15, 0.2) is 5.65 Å². The second-order valence-corrected chi connectivity index (χ2v) is 8.60. The Morgan fingerprint density at radius 1 is 1.15 bits per heavy atom. The lowest BCUT2D eigenvalue weighted by Gasteiger charge is -2.17. The van der Waals surface area contributed by atoms with Crippen LogP contribution in [0.2, 0.25) is 0 Å². The summed E-state index contributed by atoms with van der Waals surface area (Å²) in [6.45, 7) is 2.12. The minimum absolute atomic E-state index is 0.0278. The van der Waals surface area contributed by atoms with Gasteiger partial charge in [0.25, 0.3) is 5.91 Å². The van der Waals surface area contributed by atoms with Gasteiger partial charge in [-0.05, 0) is 72.6 Å². The first-order valence-corrected chi connectivity index (χ1v) is 10.8. The van der Waals surface area contributed by atoms with Crippen molar-refractivity contribution in [2.75, 3.05) is 12.3 Å². The van der Waals surface area contributed by atoms with Crippen LogP contribution in [0.1, 0.15) is 40.7 Å². The molecule has 1 fully saturated rings. The summed E-state index contributed by atoms with van der Waals surface area (Å²) in [6.07, 6.45) is 4.35. The molecule has 6 nitrogen and oxygen atoms in total. The number of nitrogen functional groups attached to an aromatic ring is 1. The average Bonchev–Trinajstić information content (AvgIpc) is 3.47. The van der Waals surface area contributed by atoms with Crippen molar-refractivity contribution in [3.05, 3.63) is 83.1 Å². The molecule has 0 saturated heterocycles. The van der Waals surface area contributed by atoms with E-state index in [9.17, 15) is 9.18 Å². The Kier molecular flexibility index (Phi) is 5.08. The second kappa shape index (κ2) is 7.95. The zero-order valence-corrected chi connectivity index (χ0v) is 18.1. The number of hydrogen-bond acceptors (Lipinski definition) is 4. The Labute approximate surface area is 189 Å². The second-order valence-electron chi connectivity index (χ2n) is 8.60. The van der Waals surface area contributed by atoms with Gasteiger partial charge in [-0.3, -0.25) is 4.79 Å². The van der Waals surface area contributed by atoms with E-state index in [4.69, 9.17) is 5.73 Å². The first-order valence-electron chi connectivity index (χ1n) is 10.8. The SMILES string of the molecule is Cc1ccc(-c2ccn3nc(N)nc3c2)c(F)c1C(=O)NCCC1(c2ccc(F)cc2)CC1. The Morgan fingerprint density at radius 2 is 1.91 bits per heavy atom. The van der Waals surface area contributed by atoms with Crippen LogP contribution in [0.15, 0.2) is 54.7 Å². The van der Waals surface area contributed by atoms with Crippen molar-refractivity contribution in [1.82, 2.24) is 19.9 Å². The molecule has 1 aliphatic carbocycles. The van der Waals surface area contributed by atoms with Crippen LogP contribution in [0.25, 0.3) is 16.8 Å². The van der Waals surface area contributed by atoms with Gasteiger partial charge in [0, 0.05) is 18.3 Å². The fourth-order valence-electron chi connectivity index (χ4n) is 4.38. The number of amides is 1. The normalized spacial score (nSPS) is 14.4. The van der Waals surface area contributed by atoms with E-state index in [-0.39, 0.29) is 22.7 Å². The minimum atomic E-state index is -0.580. The summed E-state index contributed by atoms with van der Waals surface area (Å²) in [4.78, 5) is 17.0. The van der Waals surface area contributed by atoms with E-state index in [1.807, 2.05) is 0 Å². The van der Waals surface area contributed by atoms with E-state index in [2.05, 4.69) is 15.4 Å². The minimum Gasteiger partial charge on any atom is -0.366 e. The van der Waals surface area contributed by atoms with Gasteiger partial charge >= 0.3 is 0 Å². The van der Waals surface area contributed by atoms with E-state index < -0.39 is 11.7 Å². The highest BCUT2D eigenvalue weighted by Crippen LogP contribution is 2.50. The van der Waals surface area contributed by atoms with Crippen LogP contribution < -0.4 is 11.1 Å². The molecule has 0 bridgehead atoms. The maximum atomic E-state index is 15.5. The number of hydrogen-bond donors (Lipinski definition) is 2. The standard InChI is InChI=1S/C25H23F2N5O/c1-15-2-7-19(16-8-13-32-20(14-16)30-24(28)31-32)22(27)21(15)23(33)29-12-11-25(9-10-25)17-3-5-18(26)6-4-17/h2-8,13-14H,9-12H2,1H3,(H2,28,31)(H,29,33). The van der Waals surface area contributed by atoms with Crippen LogP contribution >= 0.6 is 0 Å². The van der Waals surface area contributed by atoms with Gasteiger partial charge in [-0.2, -0.15) is 4.98 Å². The number of nitrogens with zero attached hydrogens (tertiary/aromatic N) is 3. The number of aryl methyl sites for hydroxylation is 1. The molecule has 1 saturated carbocycles. The molecule has 2 aromatic heterocycles. The molecule has 0 aliphatic heterocycles. The number of nitrogens with two attached hydrogens (primary N) is 1. The van der Waals surface area contributed by atoms with E-state index in [0.29, 0.717) is 28.9 Å². The molecule has 0 spiro atoms. The Balaban J connectivity index is 1.34. The number of halogens is 2. The van der Waals surface area contributed by atoms with Crippen molar-refractivity contribution in [1.29, 1.82) is 0 Å². The quantitative estimate of drug-likeness (QED) is 0.458. The lowest BCUT2D eigenvalue weighted by molar-refractivity contribution is 0.0947. The van der Waals surface area contributed by atoms with Crippen molar-refractivity contribution < 1.29 is 13.6 Å². The van der Waals surface area contributed by atoms with E-state index in [1.54, 1.807) is 49.5 Å². The van der Waals surface area contributed by atoms with Crippen LogP contribution in [0, 0.1) is 18.6 Å². The summed E-state index contributed by atoms with van der Waals surface area (Å²) in [7, 11) is 0. The van der Waals surface area contributed by atoms with E-state index >= 15 is 4.39 Å². The molecule has 0 atom stereocenters. The molecule has 168 valence electrons. The van der Waals surface area contributed by atoms with Gasteiger partial charge in [0.2, 0.25) is 5.95 Å². The van der Waals surface area contributed by atoms with Gasteiger partial charge in [0.05, 0.1) is 5.56 Å². The summed E-state index contributed by atoms with van der Waals surface area (Å²) in [6, 6.07) is 13.3. The van der Waals surface area contributed by atoms with Gasteiger partial charge in [0.1, 0.15) is 11.6 Å². The predicted octanol–water partition coefficient (Wildman–Crippen LogP) is 4.42. The smallest absolute Gasteiger partial charge is 0.254 e. The fraction of sp³-hybridized carbons (Fsp3) is 0.240. The number of anilines is 1. The molecule has 8 heteroatoms. The topological polar surface area (TPSA) is 85.3 Å². The summed E-state index contributed by atoms with van der Waals surface area (Å²) in [5, 5.41) is 6.90. The van der Waals surface area contributed by atoms with Gasteiger partial charge in [-0.1, -0.05) is 24.3 Å². The maximum absolute atomic E-state index is 15.5. The summed E-state index contributed by atoms with van der Waals surface area (Å²) in [5.41, 5.74) is 8.63. The predicted molar refractivity (Wildman–Crippen MR) is 122 cm³/mol. The van der Waals surface area contributed by atoms with Crippen LogP contribution in [-0.2, 0) is 5.41 Å². The lowest BCUT2D eigenvalue weighted by atomic mass is 9.92. The zero-order valence-electron chi connectivity index (χ0n) is 18.1. The number of aromatic nitrogens is 3. The maximum Gasteiger partial charge on any atom is 0.254 e. The average molecular weight is 447 g/mol. The number of fused-ring (bicyclic) bond motifs is 1. The highest BCUT2D eigenvalue weighted by Gasteiger charge is 2.43. The largest absolute Gasteiger partial charge is 0.366 e. The Morgan fingerprint density at radius 3 is 2.64 bits per heavy atom. The van der Waals surface area contributed by atoms with Gasteiger partial charge in [-0.15, -0.1) is 5.10 Å². The third-order valence-electron chi connectivity index (χ3n) is 6.44. The van der Waals surface area contributed by atoms with E-state index in [1.165, 1.54) is 16.6 Å². The highest BCUT2D eigenvalue weighted by molar-refractivity contribution is 5.97. The molecule has 2 aromatic carbocycles. The first-order chi connectivity index (χ1) is 15.9. The molecule has 4 aromatic rings. The summed E-state index contributed by atoms with van der Waals surface area (Å²) in [5.74, 6) is -1.16. The summed E-state index contributed by atoms with van der Waals surface area (Å²) >= 11 is 0. The number of pyridine rings is 1. The molecule has 0 unspecified atom stereocenters. The fourth-order valence-corrected chi connectivity index (χ4v) is 4.38. The molecule has 0 radical (unpaired) electrons. The number of rotatable bonds is 6. The molecule has 5 rings (SSSR count). The molecule has 3 N–H and O–H groups in total. The molecular formula is C25H23F2N5O. The van der Waals surface area contributed by atoms with Crippen molar-refractivity contribution >= 4 is 17.5 Å². The van der Waals surface area contributed by atoms with Gasteiger partial charge < -0.3 is 11.1 Å². The Bertz CT molecular complexity index is 1360. The van der Waals surface area contributed by atoms with E-state index in [0.717, 1.165) is 24.8 Å². The summed E-state index contributed by atoms with van der Waals surface area (Å²) < 4.78 is 30.2. The Hall–Kier alpha value is -3.81.